The van der Waals surface area contributed by atoms with E-state index in [2.05, 4.69) is 5.32 Å². The Hall–Kier alpha value is -2.00. The van der Waals surface area contributed by atoms with Crippen molar-refractivity contribution in [3.63, 3.8) is 0 Å². The molecule has 0 spiro atoms. The van der Waals surface area contributed by atoms with E-state index in [9.17, 15) is 19.1 Å². The molecule has 4 N–H and O–H groups in total. The molecule has 2 aromatic rings. The summed E-state index contributed by atoms with van der Waals surface area (Å²) in [4.78, 5) is 27.7. The molecule has 198 valence electrons. The quantitative estimate of drug-likeness (QED) is 0.107. The van der Waals surface area contributed by atoms with Gasteiger partial charge in [-0.2, -0.15) is 0 Å². The molecule has 0 heterocycles. The summed E-state index contributed by atoms with van der Waals surface area (Å²) in [5.41, 5.74) is 5.36. The molecule has 0 saturated carbocycles. The maximum atomic E-state index is 13.4. The second-order valence-corrected chi connectivity index (χ2v) is 10.00. The fraction of sp³-hybridized carbons (Fsp3) is 0.417. The number of anilines is 1. The lowest BCUT2D eigenvalue weighted by molar-refractivity contribution is -0.182. The number of nitrogens with one attached hydrogen (secondary N) is 1. The number of amides is 1. The van der Waals surface area contributed by atoms with Crippen molar-refractivity contribution in [1.29, 1.82) is 0 Å². The third-order valence-corrected chi connectivity index (χ3v) is 6.21. The van der Waals surface area contributed by atoms with Gasteiger partial charge < -0.3 is 25.8 Å². The van der Waals surface area contributed by atoms with Crippen molar-refractivity contribution in [1.82, 2.24) is 5.32 Å². The Labute approximate surface area is 251 Å². The van der Waals surface area contributed by atoms with E-state index in [4.69, 9.17) is 80.8 Å². The van der Waals surface area contributed by atoms with E-state index in [1.807, 2.05) is 4.90 Å². The largest absolute Gasteiger partial charge is 0.444 e. The predicted molar refractivity (Wildman–Crippen MR) is 161 cm³/mol. The van der Waals surface area contributed by atoms with Crippen LogP contribution < -0.4 is 26.9 Å². The predicted octanol–water partition coefficient (Wildman–Crippen LogP) is -1.77. The summed E-state index contributed by atoms with van der Waals surface area (Å²) < 4.78 is 18.2. The zero-order chi connectivity index (χ0) is 30.3. The van der Waals surface area contributed by atoms with Crippen LogP contribution in [0.5, 0.6) is 0 Å². The van der Waals surface area contributed by atoms with Gasteiger partial charge in [-0.25, -0.2) is 9.18 Å². The van der Waals surface area contributed by atoms with Crippen LogP contribution in [0.25, 0.3) is 0 Å². The van der Waals surface area contributed by atoms with Crippen LogP contribution in [0.2, 0.25) is 5.11 Å². The first kappa shape index (κ1) is 34.2. The molecule has 0 aliphatic carbocycles. The number of rotatable bonds is 14. The minimum Gasteiger partial charge on any atom is -0.444 e. The molecule has 0 aliphatic rings. The number of hydrogen-bond donors (Lipinski definition) is 3. The third-order valence-electron chi connectivity index (χ3n) is 5.88. The molecule has 3 unspecified atom stereocenters. The summed E-state index contributed by atoms with van der Waals surface area (Å²) in [6.07, 6.45) is -0.200. The average Bonchev–Trinajstić information content (AvgIpc) is 2.83. The van der Waals surface area contributed by atoms with E-state index in [0.29, 0.717) is 52.6 Å². The zero-order valence-electron chi connectivity index (χ0n) is 21.7. The minimum absolute atomic E-state index is 0.0117. The summed E-state index contributed by atoms with van der Waals surface area (Å²) in [6.45, 7) is 0.931. The van der Waals surface area contributed by atoms with Crippen LogP contribution >= 0.6 is 23.2 Å². The number of aliphatic hydroxyl groups is 1. The maximum absolute atomic E-state index is 13.4. The first-order valence-corrected chi connectivity index (χ1v) is 13.1. The maximum Gasteiger partial charge on any atom is 0.330 e. The van der Waals surface area contributed by atoms with Gasteiger partial charge >= 0.3 is 5.97 Å². The van der Waals surface area contributed by atoms with Gasteiger partial charge in [0.1, 0.15) is 33.2 Å². The summed E-state index contributed by atoms with van der Waals surface area (Å²) in [7, 11) is 34.0. The Kier molecular flexibility index (Phi) is 12.6. The van der Waals surface area contributed by atoms with E-state index in [-0.39, 0.29) is 12.8 Å². The topological polar surface area (TPSA) is 105 Å². The van der Waals surface area contributed by atoms with Gasteiger partial charge in [0, 0.05) is 37.0 Å². The molecule has 2 aromatic carbocycles. The number of halogens is 3. The van der Waals surface area contributed by atoms with E-state index < -0.39 is 40.6 Å². The van der Waals surface area contributed by atoms with Crippen LogP contribution in [0.15, 0.2) is 36.4 Å². The van der Waals surface area contributed by atoms with E-state index in [0.717, 1.165) is 12.1 Å². The third kappa shape index (κ3) is 9.54. The van der Waals surface area contributed by atoms with Gasteiger partial charge in [0.2, 0.25) is 5.91 Å². The Morgan fingerprint density at radius 2 is 1.52 bits per heavy atom. The molecule has 1 amide bonds. The van der Waals surface area contributed by atoms with Crippen molar-refractivity contribution in [2.24, 2.45) is 5.73 Å². The molecule has 0 aliphatic heterocycles. The molecule has 0 bridgehead atoms. The van der Waals surface area contributed by atoms with Gasteiger partial charge in [-0.3, -0.25) is 4.79 Å². The monoisotopic (exact) mass is 573 g/mol. The molecule has 7 nitrogen and oxygen atoms in total. The number of carbonyl (C=O) groups is 2. The second-order valence-electron chi connectivity index (χ2n) is 9.24. The number of carbonyl (C=O) groups excluding carboxylic acids is 2. The van der Waals surface area contributed by atoms with Crippen molar-refractivity contribution in [2.75, 3.05) is 29.7 Å². The highest BCUT2D eigenvalue weighted by molar-refractivity contribution is 6.62. The van der Waals surface area contributed by atoms with E-state index >= 15 is 0 Å². The van der Waals surface area contributed by atoms with Crippen molar-refractivity contribution in [2.45, 2.75) is 35.7 Å². The Morgan fingerprint density at radius 1 is 1.00 bits per heavy atom. The Morgan fingerprint density at radius 3 is 2.00 bits per heavy atom. The van der Waals surface area contributed by atoms with Crippen molar-refractivity contribution < 1.29 is 23.8 Å². The van der Waals surface area contributed by atoms with Gasteiger partial charge in [0.15, 0.2) is 7.85 Å². The zero-order valence-corrected chi connectivity index (χ0v) is 23.2. The summed E-state index contributed by atoms with van der Waals surface area (Å²) in [5.74, 6) is -1.85. The molecule has 40 heavy (non-hydrogen) atoms. The minimum atomic E-state index is -2.99. The van der Waals surface area contributed by atoms with Gasteiger partial charge in [-0.1, -0.05) is 40.3 Å². The highest BCUT2D eigenvalue weighted by Crippen LogP contribution is 2.27. The second kappa shape index (κ2) is 14.8. The van der Waals surface area contributed by atoms with Crippen LogP contribution in [0, 0.1) is 5.82 Å². The molecular weight excluding hydrogens is 549 g/mol. The molecule has 2 rings (SSSR count). The summed E-state index contributed by atoms with van der Waals surface area (Å²) in [5, 5.41) is 10.0. The highest BCUT2D eigenvalue weighted by atomic mass is 35.5. The van der Waals surface area contributed by atoms with E-state index in [1.54, 1.807) is 12.1 Å². The smallest absolute Gasteiger partial charge is 0.330 e. The number of alkyl halides is 2. The lowest BCUT2D eigenvalue weighted by Crippen LogP contribution is -2.55. The molecule has 3 atom stereocenters. The van der Waals surface area contributed by atoms with Crippen molar-refractivity contribution >= 4 is 98.8 Å². The molecule has 12 radical (unpaired) electrons. The SMILES string of the molecule is [B]c1cc(CC(N)C(=O)NC(Cc2ccc(F)cc2)C(=O)OC([B])(O)C([B])([B])[B])cc([B])c1N(CCCl)CCCl. The summed E-state index contributed by atoms with van der Waals surface area (Å²) >= 11 is 11.8. The van der Waals surface area contributed by atoms with E-state index in [1.165, 1.54) is 12.1 Å². The van der Waals surface area contributed by atoms with Crippen LogP contribution in [-0.4, -0.2) is 107 Å². The van der Waals surface area contributed by atoms with Crippen LogP contribution in [-0.2, 0) is 27.2 Å². The molecule has 0 aromatic heterocycles. The number of benzene rings is 2. The van der Waals surface area contributed by atoms with Gasteiger partial charge in [-0.15, -0.1) is 23.2 Å². The normalized spacial score (nSPS) is 14.5. The van der Waals surface area contributed by atoms with Crippen molar-refractivity contribution in [3.8, 4) is 0 Å². The fourth-order valence-electron chi connectivity index (χ4n) is 3.75. The molecule has 16 heteroatoms. The van der Waals surface area contributed by atoms with Crippen LogP contribution in [0.1, 0.15) is 11.1 Å². The van der Waals surface area contributed by atoms with Gasteiger partial charge in [0.25, 0.3) is 0 Å². The van der Waals surface area contributed by atoms with Crippen LogP contribution in [0.4, 0.5) is 10.1 Å². The molecule has 0 saturated heterocycles. The number of nitrogens with zero attached hydrogens (tertiary/aromatic N) is 1. The lowest BCUT2D eigenvalue weighted by atomic mass is 9.35. The van der Waals surface area contributed by atoms with Crippen molar-refractivity contribution in [3.05, 3.63) is 53.3 Å². The average molecular weight is 573 g/mol. The Bertz CT molecular complexity index is 1150. The first-order chi connectivity index (χ1) is 18.6. The lowest BCUT2D eigenvalue weighted by Gasteiger charge is -2.39. The number of hydrogen-bond acceptors (Lipinski definition) is 6. The summed E-state index contributed by atoms with van der Waals surface area (Å²) in [6, 6.07) is 5.72. The van der Waals surface area contributed by atoms with Crippen LogP contribution in [0.3, 0.4) is 0 Å². The van der Waals surface area contributed by atoms with Gasteiger partial charge in [-0.05, 0) is 29.7 Å². The highest BCUT2D eigenvalue weighted by Gasteiger charge is 2.39. The number of nitrogens with two attached hydrogens (primary N) is 1. The fourth-order valence-corrected chi connectivity index (χ4v) is 4.16. The molecular formula is C24H24B6Cl2FN3O4. The first-order valence-electron chi connectivity index (χ1n) is 12.1. The standard InChI is InChI=1S/C24H24B6Cl2FN3O4/c25-16-9-14(10-17(26)20(16)36(7-5-31)8-6-32)11-18(34)21(37)35-19(12-13-1-3-15(33)4-2-13)22(38)40-24(30,39)23(27,28)29/h1-4,9-10,18-19,39H,5-8,11-12,34H2,(H,35,37). The number of ether oxygens (including phenoxy) is 1. The Balaban J connectivity index is 2.23. The molecule has 0 fully saturated rings. The number of esters is 1. The van der Waals surface area contributed by atoms with Gasteiger partial charge in [0.05, 0.1) is 29.6 Å².